The molecule has 0 aliphatic carbocycles. The van der Waals surface area contributed by atoms with Gasteiger partial charge in [0.05, 0.1) is 11.6 Å². The van der Waals surface area contributed by atoms with E-state index in [0.717, 1.165) is 4.47 Å². The first-order valence-electron chi connectivity index (χ1n) is 2.87. The number of hydrogen-bond acceptors (Lipinski definition) is 2. The Labute approximate surface area is 77.9 Å². The molecule has 0 fully saturated rings. The van der Waals surface area contributed by atoms with Crippen LogP contribution in [0.25, 0.3) is 0 Å². The number of ether oxygens (including phenoxy) is 1. The van der Waals surface area contributed by atoms with Gasteiger partial charge in [0.25, 0.3) is 0 Å². The quantitative estimate of drug-likeness (QED) is 0.814. The zero-order chi connectivity index (χ0) is 8.43. The van der Waals surface area contributed by atoms with Crippen LogP contribution in [0.15, 0.2) is 16.6 Å². The molecule has 0 saturated carbocycles. The summed E-state index contributed by atoms with van der Waals surface area (Å²) < 4.78 is 5.64. The smallest absolute Gasteiger partial charge is 0.155 e. The van der Waals surface area contributed by atoms with Gasteiger partial charge in [-0.15, -0.1) is 0 Å². The maximum atomic E-state index is 9.12. The molecule has 1 aromatic rings. The first-order valence-corrected chi connectivity index (χ1v) is 4.05. The molecule has 0 saturated heterocycles. The van der Waals surface area contributed by atoms with E-state index in [1.54, 1.807) is 6.07 Å². The van der Waals surface area contributed by atoms with Crippen molar-refractivity contribution in [2.24, 2.45) is 0 Å². The summed E-state index contributed by atoms with van der Waals surface area (Å²) in [6, 6.07) is 3.16. The standard InChI is InChI=1S/C7H6BrClO2/c1-11-7-4(8)2-3-5(10)6(7)9/h2-3,10H,1H3. The van der Waals surface area contributed by atoms with Crippen molar-refractivity contribution in [3.63, 3.8) is 0 Å². The summed E-state index contributed by atoms with van der Waals surface area (Å²) in [6.45, 7) is 0. The minimum atomic E-state index is 0.0201. The highest BCUT2D eigenvalue weighted by molar-refractivity contribution is 9.10. The van der Waals surface area contributed by atoms with Crippen molar-refractivity contribution >= 4 is 27.5 Å². The van der Waals surface area contributed by atoms with Crippen LogP contribution in [0.1, 0.15) is 0 Å². The maximum absolute atomic E-state index is 9.12. The first-order chi connectivity index (χ1) is 5.16. The summed E-state index contributed by atoms with van der Waals surface area (Å²) in [6.07, 6.45) is 0. The van der Waals surface area contributed by atoms with Crippen LogP contribution in [0, 0.1) is 0 Å². The molecule has 0 spiro atoms. The Morgan fingerprint density at radius 2 is 2.18 bits per heavy atom. The molecule has 4 heteroatoms. The number of methoxy groups -OCH3 is 1. The zero-order valence-electron chi connectivity index (χ0n) is 5.77. The minimum absolute atomic E-state index is 0.0201. The molecule has 0 unspecified atom stereocenters. The Kier molecular flexibility index (Phi) is 2.62. The fourth-order valence-corrected chi connectivity index (χ4v) is 1.56. The van der Waals surface area contributed by atoms with E-state index in [0.29, 0.717) is 5.75 Å². The van der Waals surface area contributed by atoms with Gasteiger partial charge in [0.1, 0.15) is 10.8 Å². The van der Waals surface area contributed by atoms with Crippen molar-refractivity contribution in [3.05, 3.63) is 21.6 Å². The van der Waals surface area contributed by atoms with Crippen LogP contribution >= 0.6 is 27.5 Å². The third-order valence-corrected chi connectivity index (χ3v) is 2.22. The van der Waals surface area contributed by atoms with Crippen LogP contribution in [0.2, 0.25) is 5.02 Å². The van der Waals surface area contributed by atoms with Crippen molar-refractivity contribution in [3.8, 4) is 11.5 Å². The molecular weight excluding hydrogens is 231 g/mol. The average Bonchev–Trinajstić information content (AvgIpc) is 1.99. The number of phenols is 1. The van der Waals surface area contributed by atoms with E-state index >= 15 is 0 Å². The summed E-state index contributed by atoms with van der Waals surface area (Å²) in [4.78, 5) is 0. The molecule has 1 aromatic carbocycles. The average molecular weight is 237 g/mol. The maximum Gasteiger partial charge on any atom is 0.155 e. The second-order valence-corrected chi connectivity index (χ2v) is 3.15. The largest absolute Gasteiger partial charge is 0.506 e. The molecule has 0 radical (unpaired) electrons. The number of benzene rings is 1. The van der Waals surface area contributed by atoms with Crippen LogP contribution in [0.3, 0.4) is 0 Å². The van der Waals surface area contributed by atoms with E-state index in [1.165, 1.54) is 13.2 Å². The highest BCUT2D eigenvalue weighted by Crippen LogP contribution is 2.38. The molecule has 0 aliphatic rings. The Morgan fingerprint density at radius 3 is 2.64 bits per heavy atom. The molecule has 1 rings (SSSR count). The lowest BCUT2D eigenvalue weighted by molar-refractivity contribution is 0.405. The Hall–Kier alpha value is -0.410. The molecule has 60 valence electrons. The predicted molar refractivity (Wildman–Crippen MR) is 47.4 cm³/mol. The van der Waals surface area contributed by atoms with E-state index in [9.17, 15) is 0 Å². The van der Waals surface area contributed by atoms with Gasteiger partial charge in [0, 0.05) is 0 Å². The van der Waals surface area contributed by atoms with Crippen molar-refractivity contribution < 1.29 is 9.84 Å². The molecule has 1 N–H and O–H groups in total. The normalized spacial score (nSPS) is 9.73. The molecule has 0 heterocycles. The van der Waals surface area contributed by atoms with E-state index in [1.807, 2.05) is 0 Å². The first kappa shape index (κ1) is 8.68. The van der Waals surface area contributed by atoms with Gasteiger partial charge >= 0.3 is 0 Å². The van der Waals surface area contributed by atoms with Crippen molar-refractivity contribution in [2.45, 2.75) is 0 Å². The number of aromatic hydroxyl groups is 1. The fraction of sp³-hybridized carbons (Fsp3) is 0.143. The van der Waals surface area contributed by atoms with Gasteiger partial charge in [-0.05, 0) is 28.1 Å². The third-order valence-electron chi connectivity index (χ3n) is 1.23. The molecule has 0 amide bonds. The molecule has 2 nitrogen and oxygen atoms in total. The summed E-state index contributed by atoms with van der Waals surface area (Å²) in [5.74, 6) is 0.471. The van der Waals surface area contributed by atoms with E-state index in [-0.39, 0.29) is 10.8 Å². The monoisotopic (exact) mass is 236 g/mol. The van der Waals surface area contributed by atoms with Crippen molar-refractivity contribution in [2.75, 3.05) is 7.11 Å². The molecule has 0 aliphatic heterocycles. The topological polar surface area (TPSA) is 29.5 Å². The van der Waals surface area contributed by atoms with Gasteiger partial charge in [-0.25, -0.2) is 0 Å². The van der Waals surface area contributed by atoms with Gasteiger partial charge in [-0.2, -0.15) is 0 Å². The third kappa shape index (κ3) is 1.60. The minimum Gasteiger partial charge on any atom is -0.506 e. The highest BCUT2D eigenvalue weighted by Gasteiger charge is 2.08. The number of rotatable bonds is 1. The number of phenolic OH excluding ortho intramolecular Hbond substituents is 1. The number of halogens is 2. The second kappa shape index (κ2) is 3.32. The molecule has 0 atom stereocenters. The Balaban J connectivity index is 3.29. The van der Waals surface area contributed by atoms with E-state index in [2.05, 4.69) is 15.9 Å². The van der Waals surface area contributed by atoms with Crippen molar-refractivity contribution in [1.29, 1.82) is 0 Å². The second-order valence-electron chi connectivity index (χ2n) is 1.91. The highest BCUT2D eigenvalue weighted by atomic mass is 79.9. The van der Waals surface area contributed by atoms with Gasteiger partial charge in [-0.1, -0.05) is 11.6 Å². The summed E-state index contributed by atoms with van der Waals surface area (Å²) in [5.41, 5.74) is 0. The van der Waals surface area contributed by atoms with E-state index < -0.39 is 0 Å². The van der Waals surface area contributed by atoms with Gasteiger partial charge in [0.15, 0.2) is 5.75 Å². The van der Waals surface area contributed by atoms with E-state index in [4.69, 9.17) is 21.4 Å². The Morgan fingerprint density at radius 1 is 1.55 bits per heavy atom. The predicted octanol–water partition coefficient (Wildman–Crippen LogP) is 2.82. The van der Waals surface area contributed by atoms with Crippen LogP contribution in [-0.4, -0.2) is 12.2 Å². The van der Waals surface area contributed by atoms with Crippen molar-refractivity contribution in [1.82, 2.24) is 0 Å². The van der Waals surface area contributed by atoms with Crippen LogP contribution in [0.4, 0.5) is 0 Å². The van der Waals surface area contributed by atoms with Gasteiger partial charge in [-0.3, -0.25) is 0 Å². The SMILES string of the molecule is COc1c(Br)ccc(O)c1Cl. The van der Waals surface area contributed by atoms with Crippen LogP contribution in [0.5, 0.6) is 11.5 Å². The van der Waals surface area contributed by atoms with Gasteiger partial charge < -0.3 is 9.84 Å². The summed E-state index contributed by atoms with van der Waals surface area (Å²) in [7, 11) is 1.49. The molecular formula is C7H6BrClO2. The zero-order valence-corrected chi connectivity index (χ0v) is 8.11. The lowest BCUT2D eigenvalue weighted by atomic mass is 10.3. The van der Waals surface area contributed by atoms with Crippen LogP contribution in [-0.2, 0) is 0 Å². The van der Waals surface area contributed by atoms with Gasteiger partial charge in [0.2, 0.25) is 0 Å². The lowest BCUT2D eigenvalue weighted by Gasteiger charge is -2.05. The molecule has 0 aromatic heterocycles. The summed E-state index contributed by atoms with van der Waals surface area (Å²) in [5, 5.41) is 9.35. The molecule has 0 bridgehead atoms. The molecule has 11 heavy (non-hydrogen) atoms. The fourth-order valence-electron chi connectivity index (χ4n) is 0.709. The number of hydrogen-bond donors (Lipinski definition) is 1. The lowest BCUT2D eigenvalue weighted by Crippen LogP contribution is -1.85. The Bertz CT molecular complexity index is 275. The summed E-state index contributed by atoms with van der Waals surface area (Å²) >= 11 is 8.91. The van der Waals surface area contributed by atoms with Crippen LogP contribution < -0.4 is 4.74 Å².